The van der Waals surface area contributed by atoms with Gasteiger partial charge in [0.2, 0.25) is 5.88 Å². The van der Waals surface area contributed by atoms with Gasteiger partial charge in [-0.25, -0.2) is 9.78 Å². The van der Waals surface area contributed by atoms with E-state index in [1.807, 2.05) is 30.3 Å². The lowest BCUT2D eigenvalue weighted by molar-refractivity contribution is 0.159. The van der Waals surface area contributed by atoms with Gasteiger partial charge >= 0.3 is 6.03 Å². The predicted octanol–water partition coefficient (Wildman–Crippen LogP) is 4.33. The van der Waals surface area contributed by atoms with Gasteiger partial charge in [0.05, 0.1) is 11.9 Å². The smallest absolute Gasteiger partial charge is 0.323 e. The fourth-order valence-electron chi connectivity index (χ4n) is 4.81. The number of likely N-dealkylation sites (N-methyl/N-ethyl adjacent to an activating group) is 1. The Morgan fingerprint density at radius 2 is 1.85 bits per heavy atom. The Bertz CT molecular complexity index is 915. The van der Waals surface area contributed by atoms with Crippen LogP contribution in [-0.2, 0) is 0 Å². The number of amides is 2. The minimum atomic E-state index is -0.306. The average Bonchev–Trinajstić information content (AvgIpc) is 3.53. The van der Waals surface area contributed by atoms with Crippen LogP contribution in [-0.4, -0.2) is 66.0 Å². The van der Waals surface area contributed by atoms with E-state index in [0.29, 0.717) is 23.7 Å². The summed E-state index contributed by atoms with van der Waals surface area (Å²) in [5, 5.41) is 14.9. The number of aliphatic hydroxyl groups excluding tert-OH is 1. The summed E-state index contributed by atoms with van der Waals surface area (Å²) in [6, 6.07) is 12.1. The molecule has 1 aromatic heterocycles. The summed E-state index contributed by atoms with van der Waals surface area (Å²) in [5.74, 6) is 0.603. The van der Waals surface area contributed by atoms with E-state index in [1.165, 1.54) is 12.8 Å². The highest BCUT2D eigenvalue weighted by Gasteiger charge is 2.28. The molecule has 8 nitrogen and oxygen atoms in total. The minimum absolute atomic E-state index is 0.223. The van der Waals surface area contributed by atoms with E-state index in [9.17, 15) is 9.90 Å². The number of aromatic nitrogens is 1. The third kappa shape index (κ3) is 6.39. The number of urea groups is 1. The van der Waals surface area contributed by atoms with E-state index in [2.05, 4.69) is 39.4 Å². The Kier molecular flexibility index (Phi) is 8.24. The highest BCUT2D eigenvalue weighted by Crippen LogP contribution is 2.26. The van der Waals surface area contributed by atoms with E-state index in [4.69, 9.17) is 4.74 Å². The second kappa shape index (κ2) is 11.5. The van der Waals surface area contributed by atoms with Gasteiger partial charge < -0.3 is 25.4 Å². The Balaban J connectivity index is 1.24. The van der Waals surface area contributed by atoms with Gasteiger partial charge in [-0.05, 0) is 82.8 Å². The van der Waals surface area contributed by atoms with Crippen molar-refractivity contribution < 1.29 is 14.6 Å². The summed E-state index contributed by atoms with van der Waals surface area (Å²) in [6.07, 6.45) is 8.38. The zero-order valence-electron chi connectivity index (χ0n) is 20.2. The number of hydrogen-bond donors (Lipinski definition) is 3. The molecule has 4 rings (SSSR count). The van der Waals surface area contributed by atoms with Crippen LogP contribution >= 0.6 is 0 Å². The fraction of sp³-hybridized carbons (Fsp3) is 0.538. The van der Waals surface area contributed by atoms with Crippen LogP contribution in [0, 0.1) is 0 Å². The molecule has 2 aromatic rings. The van der Waals surface area contributed by atoms with Crippen LogP contribution in [0.5, 0.6) is 5.88 Å². The topological polar surface area (TPSA) is 90.0 Å². The number of hydrogen-bond acceptors (Lipinski definition) is 6. The molecule has 1 saturated heterocycles. The Labute approximate surface area is 202 Å². The molecule has 2 amide bonds. The van der Waals surface area contributed by atoms with Crippen molar-refractivity contribution in [3.05, 3.63) is 42.6 Å². The number of anilines is 3. The molecule has 0 bridgehead atoms. The summed E-state index contributed by atoms with van der Waals surface area (Å²) in [7, 11) is 2.14. The van der Waals surface area contributed by atoms with Crippen LogP contribution in [0.1, 0.15) is 45.4 Å². The first-order valence-corrected chi connectivity index (χ1v) is 12.4. The Hall–Kier alpha value is -2.84. The molecule has 0 radical (unpaired) electrons. The second-order valence-electron chi connectivity index (χ2n) is 9.45. The molecule has 3 N–H and O–H groups in total. The molecule has 1 saturated carbocycles. The van der Waals surface area contributed by atoms with Crippen molar-refractivity contribution in [1.82, 2.24) is 9.88 Å². The molecular formula is C26H37N5O3. The van der Waals surface area contributed by atoms with Gasteiger partial charge in [-0.3, -0.25) is 4.90 Å². The van der Waals surface area contributed by atoms with Crippen LogP contribution in [0.4, 0.5) is 21.9 Å². The summed E-state index contributed by atoms with van der Waals surface area (Å²) in [5.41, 5.74) is 2.51. The van der Waals surface area contributed by atoms with Crippen LogP contribution in [0.25, 0.3) is 0 Å². The molecular weight excluding hydrogens is 430 g/mol. The Morgan fingerprint density at radius 1 is 1.15 bits per heavy atom. The first-order valence-electron chi connectivity index (χ1n) is 12.4. The second-order valence-corrected chi connectivity index (χ2v) is 9.45. The lowest BCUT2D eigenvalue weighted by atomic mass is 10.1. The lowest BCUT2D eigenvalue weighted by Crippen LogP contribution is -2.40. The summed E-state index contributed by atoms with van der Waals surface area (Å²) >= 11 is 0. The van der Waals surface area contributed by atoms with Crippen LogP contribution in [0.3, 0.4) is 0 Å². The van der Waals surface area contributed by atoms with Crippen LogP contribution < -0.4 is 20.3 Å². The molecule has 184 valence electrons. The number of nitrogens with zero attached hydrogens (tertiary/aromatic N) is 3. The highest BCUT2D eigenvalue weighted by molar-refractivity contribution is 5.99. The van der Waals surface area contributed by atoms with Crippen molar-refractivity contribution in [3.8, 4) is 5.88 Å². The standard InChI is InChI=1S/C26H37N5O3/c1-19(14-16-32)30(2)23-13-15-31(18-23)22-10-7-20(8-11-22)28-26(33)29-21-9-12-25(27-17-21)34-24-5-3-4-6-24/h7-12,17,19,23-24,32H,3-6,13-16,18H2,1-2H3,(H2,28,29,33). The first kappa shape index (κ1) is 24.3. The van der Waals surface area contributed by atoms with E-state index >= 15 is 0 Å². The number of aliphatic hydroxyl groups is 1. The van der Waals surface area contributed by atoms with Gasteiger partial charge in [0.1, 0.15) is 6.10 Å². The van der Waals surface area contributed by atoms with Crippen molar-refractivity contribution in [2.45, 2.75) is 63.6 Å². The minimum Gasteiger partial charge on any atom is -0.474 e. The monoisotopic (exact) mass is 467 g/mol. The van der Waals surface area contributed by atoms with Crippen LogP contribution in [0.2, 0.25) is 0 Å². The van der Waals surface area contributed by atoms with Crippen molar-refractivity contribution >= 4 is 23.1 Å². The summed E-state index contributed by atoms with van der Waals surface area (Å²) in [6.45, 7) is 4.36. The number of carbonyl (C=O) groups excluding carboxylic acids is 1. The first-order chi connectivity index (χ1) is 16.5. The van der Waals surface area contributed by atoms with Crippen molar-refractivity contribution in [2.75, 3.05) is 42.3 Å². The SMILES string of the molecule is CC(CCO)N(C)C1CCN(c2ccc(NC(=O)Nc3ccc(OC4CCCC4)nc3)cc2)C1. The molecule has 1 aliphatic heterocycles. The quantitative estimate of drug-likeness (QED) is 0.509. The normalized spacial score (nSPS) is 19.4. The van der Waals surface area contributed by atoms with E-state index < -0.39 is 0 Å². The summed E-state index contributed by atoms with van der Waals surface area (Å²) in [4.78, 5) is 21.5. The molecule has 2 heterocycles. The Morgan fingerprint density at radius 3 is 2.53 bits per heavy atom. The maximum atomic E-state index is 12.4. The third-order valence-electron chi connectivity index (χ3n) is 7.06. The molecule has 8 heteroatoms. The number of benzene rings is 1. The van der Waals surface area contributed by atoms with Gasteiger partial charge in [-0.2, -0.15) is 0 Å². The molecule has 0 spiro atoms. The van der Waals surface area contributed by atoms with E-state index in [0.717, 1.165) is 50.1 Å². The summed E-state index contributed by atoms with van der Waals surface area (Å²) < 4.78 is 5.87. The zero-order chi connectivity index (χ0) is 23.9. The van der Waals surface area contributed by atoms with Gasteiger partial charge in [0.25, 0.3) is 0 Å². The molecule has 34 heavy (non-hydrogen) atoms. The number of ether oxygens (including phenoxy) is 1. The average molecular weight is 468 g/mol. The number of nitrogens with one attached hydrogen (secondary N) is 2. The van der Waals surface area contributed by atoms with Gasteiger partial charge in [-0.1, -0.05) is 0 Å². The number of pyridine rings is 1. The number of rotatable bonds is 9. The lowest BCUT2D eigenvalue weighted by Gasteiger charge is -2.30. The van der Waals surface area contributed by atoms with Gasteiger partial charge in [0.15, 0.2) is 0 Å². The van der Waals surface area contributed by atoms with E-state index in [-0.39, 0.29) is 18.7 Å². The predicted molar refractivity (Wildman–Crippen MR) is 136 cm³/mol. The maximum Gasteiger partial charge on any atom is 0.323 e. The zero-order valence-corrected chi connectivity index (χ0v) is 20.2. The largest absolute Gasteiger partial charge is 0.474 e. The fourth-order valence-corrected chi connectivity index (χ4v) is 4.81. The van der Waals surface area contributed by atoms with Gasteiger partial charge in [0, 0.05) is 49.2 Å². The molecule has 1 aliphatic carbocycles. The van der Waals surface area contributed by atoms with Gasteiger partial charge in [-0.15, -0.1) is 0 Å². The maximum absolute atomic E-state index is 12.4. The molecule has 2 aliphatic rings. The van der Waals surface area contributed by atoms with Crippen LogP contribution in [0.15, 0.2) is 42.6 Å². The number of carbonyl (C=O) groups is 1. The highest BCUT2D eigenvalue weighted by atomic mass is 16.5. The molecule has 2 fully saturated rings. The molecule has 2 atom stereocenters. The molecule has 1 aromatic carbocycles. The van der Waals surface area contributed by atoms with Crippen molar-refractivity contribution in [3.63, 3.8) is 0 Å². The van der Waals surface area contributed by atoms with Crippen molar-refractivity contribution in [1.29, 1.82) is 0 Å². The third-order valence-corrected chi connectivity index (χ3v) is 7.06. The molecule has 2 unspecified atom stereocenters. The van der Waals surface area contributed by atoms with E-state index in [1.54, 1.807) is 12.3 Å². The van der Waals surface area contributed by atoms with Crippen molar-refractivity contribution in [2.24, 2.45) is 0 Å².